The zero-order valence-corrected chi connectivity index (χ0v) is 15.2. The molecule has 1 spiro atoms. The molecule has 5 heteroatoms. The Hall–Kier alpha value is -2.35. The van der Waals surface area contributed by atoms with Crippen LogP contribution in [0.5, 0.6) is 0 Å². The number of likely N-dealkylation sites (N-methyl/N-ethyl adjacent to an activating group) is 1. The van der Waals surface area contributed by atoms with E-state index in [0.717, 1.165) is 43.2 Å². The van der Waals surface area contributed by atoms with Crippen LogP contribution in [0, 0.1) is 23.2 Å². The molecule has 2 N–H and O–H groups in total. The third-order valence-corrected chi connectivity index (χ3v) is 5.86. The van der Waals surface area contributed by atoms with Crippen molar-refractivity contribution in [1.29, 1.82) is 5.26 Å². The molecule has 0 fully saturated rings. The molecule has 1 aliphatic carbocycles. The number of aliphatic imine (C=N–C) groups is 1. The average molecular weight is 338 g/mol. The second-order valence-electron chi connectivity index (χ2n) is 7.28. The highest BCUT2D eigenvalue weighted by molar-refractivity contribution is 6.07. The van der Waals surface area contributed by atoms with E-state index in [9.17, 15) is 10.1 Å². The summed E-state index contributed by atoms with van der Waals surface area (Å²) in [6.45, 7) is 4.41. The average Bonchev–Trinajstić information content (AvgIpc) is 3.04. The Morgan fingerprint density at radius 1 is 1.48 bits per heavy atom. The minimum absolute atomic E-state index is 0.0600. The van der Waals surface area contributed by atoms with Gasteiger partial charge in [0.1, 0.15) is 0 Å². The summed E-state index contributed by atoms with van der Waals surface area (Å²) < 4.78 is 0. The molecule has 1 aromatic carbocycles. The van der Waals surface area contributed by atoms with Crippen LogP contribution in [-0.2, 0) is 16.8 Å². The maximum absolute atomic E-state index is 13.2. The molecule has 0 saturated carbocycles. The van der Waals surface area contributed by atoms with Gasteiger partial charge in [-0.3, -0.25) is 9.69 Å². The summed E-state index contributed by atoms with van der Waals surface area (Å²) in [5.41, 5.74) is 7.64. The van der Waals surface area contributed by atoms with Gasteiger partial charge < -0.3 is 5.73 Å². The van der Waals surface area contributed by atoms with Gasteiger partial charge in [-0.2, -0.15) is 5.26 Å². The van der Waals surface area contributed by atoms with Crippen LogP contribution in [-0.4, -0.2) is 23.8 Å². The SMILES string of the molecule is CCC[C@@H](CC)C[C@H]1Cc2ccc(C#N)cc2[C@]12N=C(N)N(C)C2=O. The molecule has 0 aromatic heterocycles. The molecule has 5 nitrogen and oxygen atoms in total. The highest BCUT2D eigenvalue weighted by Crippen LogP contribution is 2.51. The number of rotatable bonds is 5. The monoisotopic (exact) mass is 338 g/mol. The predicted octanol–water partition coefficient (Wildman–Crippen LogP) is 2.93. The molecular formula is C20H26N4O. The second kappa shape index (κ2) is 6.51. The topological polar surface area (TPSA) is 82.5 Å². The number of fused-ring (bicyclic) bond motifs is 2. The van der Waals surface area contributed by atoms with Crippen LogP contribution in [0.3, 0.4) is 0 Å². The third kappa shape index (κ3) is 2.60. The highest BCUT2D eigenvalue weighted by Gasteiger charge is 2.57. The molecule has 3 rings (SSSR count). The molecular weight excluding hydrogens is 312 g/mol. The van der Waals surface area contributed by atoms with Crippen LogP contribution in [0.25, 0.3) is 0 Å². The van der Waals surface area contributed by atoms with Gasteiger partial charge in [-0.1, -0.05) is 39.2 Å². The summed E-state index contributed by atoms with van der Waals surface area (Å²) in [5, 5.41) is 9.28. The van der Waals surface area contributed by atoms with Crippen LogP contribution >= 0.6 is 0 Å². The Kier molecular flexibility index (Phi) is 4.55. The van der Waals surface area contributed by atoms with Crippen LogP contribution in [0.2, 0.25) is 0 Å². The van der Waals surface area contributed by atoms with Crippen molar-refractivity contribution in [2.75, 3.05) is 7.05 Å². The van der Waals surface area contributed by atoms with Gasteiger partial charge in [0.25, 0.3) is 5.91 Å². The number of carbonyl (C=O) groups excluding carboxylic acids is 1. The van der Waals surface area contributed by atoms with E-state index in [1.807, 2.05) is 18.2 Å². The fraction of sp³-hybridized carbons (Fsp3) is 0.550. The molecule has 0 unspecified atom stereocenters. The molecule has 0 radical (unpaired) electrons. The van der Waals surface area contributed by atoms with Gasteiger partial charge in [-0.15, -0.1) is 0 Å². The zero-order chi connectivity index (χ0) is 18.2. The number of carbonyl (C=O) groups is 1. The Bertz CT molecular complexity index is 763. The Morgan fingerprint density at radius 2 is 2.24 bits per heavy atom. The van der Waals surface area contributed by atoms with Crippen molar-refractivity contribution in [2.24, 2.45) is 22.6 Å². The van der Waals surface area contributed by atoms with Crippen molar-refractivity contribution in [1.82, 2.24) is 4.90 Å². The number of guanidine groups is 1. The minimum Gasteiger partial charge on any atom is -0.369 e. The van der Waals surface area contributed by atoms with Crippen LogP contribution < -0.4 is 5.73 Å². The van der Waals surface area contributed by atoms with E-state index >= 15 is 0 Å². The first kappa shape index (κ1) is 17.5. The first-order valence-corrected chi connectivity index (χ1v) is 9.14. The van der Waals surface area contributed by atoms with E-state index in [1.54, 1.807) is 7.05 Å². The van der Waals surface area contributed by atoms with Crippen molar-refractivity contribution in [3.8, 4) is 6.07 Å². The van der Waals surface area contributed by atoms with E-state index in [1.165, 1.54) is 4.90 Å². The first-order valence-electron chi connectivity index (χ1n) is 9.14. The van der Waals surface area contributed by atoms with Crippen molar-refractivity contribution in [3.05, 3.63) is 34.9 Å². The highest BCUT2D eigenvalue weighted by atomic mass is 16.2. The molecule has 0 bridgehead atoms. The predicted molar refractivity (Wildman–Crippen MR) is 97.7 cm³/mol. The van der Waals surface area contributed by atoms with Crippen molar-refractivity contribution in [3.63, 3.8) is 0 Å². The number of hydrogen-bond acceptors (Lipinski definition) is 4. The fourth-order valence-electron chi connectivity index (χ4n) is 4.47. The maximum Gasteiger partial charge on any atom is 0.261 e. The van der Waals surface area contributed by atoms with Crippen molar-refractivity contribution in [2.45, 2.75) is 51.5 Å². The lowest BCUT2D eigenvalue weighted by Gasteiger charge is -2.30. The Labute approximate surface area is 149 Å². The molecule has 1 aliphatic heterocycles. The van der Waals surface area contributed by atoms with Crippen LogP contribution in [0.15, 0.2) is 23.2 Å². The van der Waals surface area contributed by atoms with Gasteiger partial charge in [0.2, 0.25) is 0 Å². The van der Waals surface area contributed by atoms with Crippen LogP contribution in [0.1, 0.15) is 56.2 Å². The zero-order valence-electron chi connectivity index (χ0n) is 15.2. The molecule has 0 saturated heterocycles. The smallest absolute Gasteiger partial charge is 0.261 e. The Balaban J connectivity index is 2.09. The van der Waals surface area contributed by atoms with E-state index in [-0.39, 0.29) is 17.8 Å². The van der Waals surface area contributed by atoms with Gasteiger partial charge in [0.05, 0.1) is 11.6 Å². The third-order valence-electron chi connectivity index (χ3n) is 5.86. The maximum atomic E-state index is 13.2. The molecule has 1 heterocycles. The van der Waals surface area contributed by atoms with E-state index in [0.29, 0.717) is 11.5 Å². The summed E-state index contributed by atoms with van der Waals surface area (Å²) in [4.78, 5) is 19.3. The van der Waals surface area contributed by atoms with E-state index in [4.69, 9.17) is 5.73 Å². The molecule has 25 heavy (non-hydrogen) atoms. The number of hydrogen-bond donors (Lipinski definition) is 1. The lowest BCUT2D eigenvalue weighted by molar-refractivity contribution is -0.132. The number of nitriles is 1. The summed E-state index contributed by atoms with van der Waals surface area (Å²) in [6.07, 6.45) is 5.17. The summed E-state index contributed by atoms with van der Waals surface area (Å²) in [7, 11) is 1.68. The summed E-state index contributed by atoms with van der Waals surface area (Å²) >= 11 is 0. The number of benzene rings is 1. The van der Waals surface area contributed by atoms with Crippen molar-refractivity contribution < 1.29 is 4.79 Å². The standard InChI is InChI=1S/C20H26N4O/c1-4-6-13(5-2)9-16-11-15-8-7-14(12-21)10-17(15)20(16)18(25)24(3)19(22)23-20/h7-8,10,13,16H,4-6,9,11H2,1-3H3,(H2,22,23)/t13-,16+,20-/m1/s1. The van der Waals surface area contributed by atoms with Gasteiger partial charge in [0, 0.05) is 13.0 Å². The number of amides is 1. The molecule has 1 aromatic rings. The van der Waals surface area contributed by atoms with Crippen molar-refractivity contribution >= 4 is 11.9 Å². The van der Waals surface area contributed by atoms with E-state index in [2.05, 4.69) is 24.9 Å². The number of nitrogens with zero attached hydrogens (tertiary/aromatic N) is 3. The Morgan fingerprint density at radius 3 is 2.80 bits per heavy atom. The second-order valence-corrected chi connectivity index (χ2v) is 7.28. The van der Waals surface area contributed by atoms with Gasteiger partial charge in [-0.25, -0.2) is 4.99 Å². The normalized spacial score (nSPS) is 25.8. The largest absolute Gasteiger partial charge is 0.369 e. The lowest BCUT2D eigenvalue weighted by atomic mass is 9.77. The summed E-state index contributed by atoms with van der Waals surface area (Å²) in [6, 6.07) is 7.83. The van der Waals surface area contributed by atoms with Gasteiger partial charge >= 0.3 is 0 Å². The molecule has 1 amide bonds. The quantitative estimate of drug-likeness (QED) is 0.896. The minimum atomic E-state index is -0.942. The first-order chi connectivity index (χ1) is 12.0. The fourth-order valence-corrected chi connectivity index (χ4v) is 4.47. The molecule has 2 aliphatic rings. The number of nitrogens with two attached hydrogens (primary N) is 1. The van der Waals surface area contributed by atoms with E-state index < -0.39 is 5.54 Å². The lowest BCUT2D eigenvalue weighted by Crippen LogP contribution is -2.43. The van der Waals surface area contributed by atoms with Gasteiger partial charge in [0.15, 0.2) is 11.5 Å². The van der Waals surface area contributed by atoms with Gasteiger partial charge in [-0.05, 0) is 42.0 Å². The van der Waals surface area contributed by atoms with Crippen LogP contribution in [0.4, 0.5) is 0 Å². The summed E-state index contributed by atoms with van der Waals surface area (Å²) in [5.74, 6) is 0.889. The molecule has 132 valence electrons. The molecule has 3 atom stereocenters.